The van der Waals surface area contributed by atoms with Crippen LogP contribution in [0.4, 0.5) is 0 Å². The van der Waals surface area contributed by atoms with Crippen molar-refractivity contribution in [3.63, 3.8) is 0 Å². The highest BCUT2D eigenvalue weighted by molar-refractivity contribution is 5.74. The van der Waals surface area contributed by atoms with Crippen LogP contribution in [0.15, 0.2) is 35.3 Å². The first-order valence-corrected chi connectivity index (χ1v) is 5.55. The summed E-state index contributed by atoms with van der Waals surface area (Å²) in [5, 5.41) is 0.977. The number of fused-ring (bicyclic) bond motifs is 1. The van der Waals surface area contributed by atoms with Gasteiger partial charge in [0, 0.05) is 24.2 Å². The van der Waals surface area contributed by atoms with Crippen molar-refractivity contribution in [3.05, 3.63) is 40.8 Å². The van der Waals surface area contributed by atoms with Gasteiger partial charge in [-0.1, -0.05) is 0 Å². The second-order valence-electron chi connectivity index (χ2n) is 4.23. The fraction of sp³-hybridized carbons (Fsp3) is 0.333. The second-order valence-corrected chi connectivity index (χ2v) is 4.23. The molecular formula is C12H13N3O. The van der Waals surface area contributed by atoms with Crippen LogP contribution in [-0.4, -0.2) is 16.2 Å². The Morgan fingerprint density at radius 3 is 3.06 bits per heavy atom. The van der Waals surface area contributed by atoms with Gasteiger partial charge < -0.3 is 5.43 Å². The van der Waals surface area contributed by atoms with Gasteiger partial charge in [0.05, 0.1) is 0 Å². The highest BCUT2D eigenvalue weighted by Crippen LogP contribution is 2.27. The van der Waals surface area contributed by atoms with E-state index in [1.54, 1.807) is 23.0 Å². The normalized spacial score (nSPS) is 15.2. The molecule has 16 heavy (non-hydrogen) atoms. The van der Waals surface area contributed by atoms with Crippen LogP contribution < -0.4 is 11.0 Å². The zero-order valence-electron chi connectivity index (χ0n) is 8.89. The lowest BCUT2D eigenvalue weighted by Gasteiger charge is -2.10. The van der Waals surface area contributed by atoms with Gasteiger partial charge in [-0.3, -0.25) is 4.79 Å². The van der Waals surface area contributed by atoms with Crippen LogP contribution in [0.2, 0.25) is 0 Å². The van der Waals surface area contributed by atoms with Crippen molar-refractivity contribution in [3.8, 4) is 0 Å². The summed E-state index contributed by atoms with van der Waals surface area (Å²) in [5.74, 6) is 0.728. The minimum absolute atomic E-state index is 0.0492. The predicted molar refractivity (Wildman–Crippen MR) is 63.0 cm³/mol. The lowest BCUT2D eigenvalue weighted by molar-refractivity contribution is 0.757. The highest BCUT2D eigenvalue weighted by atomic mass is 16.1. The summed E-state index contributed by atoms with van der Waals surface area (Å²) >= 11 is 0. The summed E-state index contributed by atoms with van der Waals surface area (Å²) in [6.45, 7) is 0.857. The molecule has 1 aliphatic carbocycles. The zero-order chi connectivity index (χ0) is 11.0. The van der Waals surface area contributed by atoms with Gasteiger partial charge in [0.25, 0.3) is 5.56 Å². The summed E-state index contributed by atoms with van der Waals surface area (Å²) in [6.07, 6.45) is 4.23. The molecule has 1 aliphatic rings. The third-order valence-corrected chi connectivity index (χ3v) is 2.89. The van der Waals surface area contributed by atoms with Crippen LogP contribution >= 0.6 is 0 Å². The van der Waals surface area contributed by atoms with E-state index in [1.807, 2.05) is 12.1 Å². The van der Waals surface area contributed by atoms with Gasteiger partial charge in [0.2, 0.25) is 0 Å². The molecule has 0 amide bonds. The number of hydrogen-bond acceptors (Lipinski definition) is 3. The monoisotopic (exact) mass is 215 g/mol. The first kappa shape index (κ1) is 9.39. The molecule has 1 N–H and O–H groups in total. The van der Waals surface area contributed by atoms with Crippen LogP contribution in [0.5, 0.6) is 0 Å². The Kier molecular flexibility index (Phi) is 2.13. The number of rotatable bonds is 3. The summed E-state index contributed by atoms with van der Waals surface area (Å²) in [4.78, 5) is 16.0. The summed E-state index contributed by atoms with van der Waals surface area (Å²) < 4.78 is 1.55. The molecule has 1 saturated carbocycles. The van der Waals surface area contributed by atoms with E-state index in [2.05, 4.69) is 10.4 Å². The largest absolute Gasteiger partial charge is 0.321 e. The molecule has 1 fully saturated rings. The Bertz CT molecular complexity index is 572. The molecule has 0 saturated heterocycles. The molecule has 2 aromatic rings. The smallest absolute Gasteiger partial charge is 0.270 e. The van der Waals surface area contributed by atoms with Crippen LogP contribution in [0.25, 0.3) is 11.0 Å². The molecule has 0 aromatic carbocycles. The van der Waals surface area contributed by atoms with E-state index >= 15 is 0 Å². The molecule has 4 nitrogen and oxygen atoms in total. The maximum Gasteiger partial charge on any atom is 0.270 e. The van der Waals surface area contributed by atoms with Crippen molar-refractivity contribution in [2.24, 2.45) is 5.92 Å². The molecule has 82 valence electrons. The fourth-order valence-electron chi connectivity index (χ4n) is 1.76. The maximum absolute atomic E-state index is 11.7. The van der Waals surface area contributed by atoms with Gasteiger partial charge in [-0.15, -0.1) is 0 Å². The number of nitrogens with zero attached hydrogens (tertiary/aromatic N) is 2. The molecular weight excluding hydrogens is 202 g/mol. The topological polar surface area (TPSA) is 46.9 Å². The van der Waals surface area contributed by atoms with E-state index in [-0.39, 0.29) is 5.56 Å². The van der Waals surface area contributed by atoms with Crippen LogP contribution in [0.1, 0.15) is 12.8 Å². The molecule has 4 heteroatoms. The van der Waals surface area contributed by atoms with Gasteiger partial charge in [0.15, 0.2) is 5.65 Å². The minimum atomic E-state index is -0.0492. The van der Waals surface area contributed by atoms with Crippen molar-refractivity contribution < 1.29 is 0 Å². The standard InChI is InChI=1S/C12H13N3O/c16-11-6-5-10-2-1-7-13-12(10)15(11)14-8-9-3-4-9/h1-2,5-7,9,14H,3-4,8H2. The molecule has 0 spiro atoms. The molecule has 2 heterocycles. The van der Waals surface area contributed by atoms with E-state index in [9.17, 15) is 4.79 Å². The molecule has 3 rings (SSSR count). The lowest BCUT2D eigenvalue weighted by atomic mass is 10.3. The lowest BCUT2D eigenvalue weighted by Crippen LogP contribution is -2.30. The third kappa shape index (κ3) is 1.66. The quantitative estimate of drug-likeness (QED) is 0.840. The van der Waals surface area contributed by atoms with Crippen LogP contribution in [-0.2, 0) is 0 Å². The van der Waals surface area contributed by atoms with Gasteiger partial charge >= 0.3 is 0 Å². The number of nitrogens with one attached hydrogen (secondary N) is 1. The first-order valence-electron chi connectivity index (χ1n) is 5.55. The Morgan fingerprint density at radius 2 is 2.25 bits per heavy atom. The molecule has 2 aromatic heterocycles. The van der Waals surface area contributed by atoms with Crippen LogP contribution in [0, 0.1) is 5.92 Å². The van der Waals surface area contributed by atoms with E-state index in [0.717, 1.165) is 17.8 Å². The van der Waals surface area contributed by atoms with Crippen molar-refractivity contribution in [2.45, 2.75) is 12.8 Å². The average Bonchev–Trinajstić information content (AvgIpc) is 3.12. The van der Waals surface area contributed by atoms with Gasteiger partial charge in [-0.2, -0.15) is 0 Å². The van der Waals surface area contributed by atoms with Gasteiger partial charge in [-0.25, -0.2) is 9.66 Å². The number of pyridine rings is 2. The SMILES string of the molecule is O=c1ccc2cccnc2n1NCC1CC1. The van der Waals surface area contributed by atoms with E-state index < -0.39 is 0 Å². The average molecular weight is 215 g/mol. The first-order chi connectivity index (χ1) is 7.84. The van der Waals surface area contributed by atoms with Crippen LogP contribution in [0.3, 0.4) is 0 Å². The molecule has 0 radical (unpaired) electrons. The molecule has 0 bridgehead atoms. The highest BCUT2D eigenvalue weighted by Gasteiger charge is 2.21. The molecule has 0 unspecified atom stereocenters. The Morgan fingerprint density at radius 1 is 1.38 bits per heavy atom. The second kappa shape index (κ2) is 3.63. The van der Waals surface area contributed by atoms with Gasteiger partial charge in [-0.05, 0) is 37.0 Å². The summed E-state index contributed by atoms with van der Waals surface area (Å²) in [5.41, 5.74) is 3.81. The summed E-state index contributed by atoms with van der Waals surface area (Å²) in [6, 6.07) is 7.21. The number of aromatic nitrogens is 2. The minimum Gasteiger partial charge on any atom is -0.321 e. The Balaban J connectivity index is 2.04. The maximum atomic E-state index is 11.7. The third-order valence-electron chi connectivity index (χ3n) is 2.89. The zero-order valence-corrected chi connectivity index (χ0v) is 8.89. The van der Waals surface area contributed by atoms with Crippen molar-refractivity contribution >= 4 is 11.0 Å². The van der Waals surface area contributed by atoms with Crippen molar-refractivity contribution in [2.75, 3.05) is 12.0 Å². The fourth-order valence-corrected chi connectivity index (χ4v) is 1.76. The van der Waals surface area contributed by atoms with E-state index in [1.165, 1.54) is 12.8 Å². The molecule has 0 atom stereocenters. The molecule has 0 aliphatic heterocycles. The van der Waals surface area contributed by atoms with E-state index in [4.69, 9.17) is 0 Å². The Hall–Kier alpha value is -1.84. The van der Waals surface area contributed by atoms with Crippen molar-refractivity contribution in [1.29, 1.82) is 0 Å². The van der Waals surface area contributed by atoms with Crippen molar-refractivity contribution in [1.82, 2.24) is 9.66 Å². The van der Waals surface area contributed by atoms with E-state index in [0.29, 0.717) is 5.65 Å². The van der Waals surface area contributed by atoms with Gasteiger partial charge in [0.1, 0.15) is 0 Å². The summed E-state index contributed by atoms with van der Waals surface area (Å²) in [7, 11) is 0. The number of hydrogen-bond donors (Lipinski definition) is 1. The predicted octanol–water partition coefficient (Wildman–Crippen LogP) is 1.35. The Labute approximate surface area is 92.9 Å².